The minimum absolute atomic E-state index is 0.150. The van der Waals surface area contributed by atoms with Crippen LogP contribution < -0.4 is 18.9 Å². The summed E-state index contributed by atoms with van der Waals surface area (Å²) in [6.45, 7) is 6.15. The van der Waals surface area contributed by atoms with Crippen LogP contribution in [0.3, 0.4) is 0 Å². The van der Waals surface area contributed by atoms with Crippen molar-refractivity contribution in [1.29, 1.82) is 0 Å². The van der Waals surface area contributed by atoms with Gasteiger partial charge in [-0.3, -0.25) is 4.72 Å². The van der Waals surface area contributed by atoms with Gasteiger partial charge in [-0.15, -0.1) is 0 Å². The normalized spacial score (nSPS) is 11.9. The summed E-state index contributed by atoms with van der Waals surface area (Å²) in [5, 5.41) is 0. The molecule has 0 aromatic heterocycles. The van der Waals surface area contributed by atoms with Gasteiger partial charge < -0.3 is 14.2 Å². The zero-order valence-electron chi connectivity index (χ0n) is 20.4. The first-order chi connectivity index (χ1) is 16.1. The average Bonchev–Trinajstić information content (AvgIpc) is 2.81. The predicted octanol–water partition coefficient (Wildman–Crippen LogP) is 5.98. The summed E-state index contributed by atoms with van der Waals surface area (Å²) in [6, 6.07) is 17.9. The van der Waals surface area contributed by atoms with Crippen LogP contribution in [-0.2, 0) is 15.4 Å². The van der Waals surface area contributed by atoms with E-state index in [1.54, 1.807) is 57.7 Å². The van der Waals surface area contributed by atoms with Gasteiger partial charge in [0.2, 0.25) is 5.75 Å². The van der Waals surface area contributed by atoms with Crippen molar-refractivity contribution in [1.82, 2.24) is 0 Å². The third-order valence-electron chi connectivity index (χ3n) is 5.30. The Morgan fingerprint density at radius 2 is 1.38 bits per heavy atom. The zero-order valence-corrected chi connectivity index (χ0v) is 21.2. The molecular formula is C27H31NO5S. The van der Waals surface area contributed by atoms with Gasteiger partial charge in [0, 0.05) is 5.69 Å². The largest absolute Gasteiger partial charge is 0.493 e. The van der Waals surface area contributed by atoms with Crippen molar-refractivity contribution in [3.63, 3.8) is 0 Å². The summed E-state index contributed by atoms with van der Waals surface area (Å²) in [4.78, 5) is 0.235. The van der Waals surface area contributed by atoms with Crippen LogP contribution in [0.15, 0.2) is 65.6 Å². The van der Waals surface area contributed by atoms with Crippen LogP contribution >= 0.6 is 0 Å². The van der Waals surface area contributed by atoms with Gasteiger partial charge >= 0.3 is 0 Å². The number of nitrogens with one attached hydrogen (secondary N) is 1. The number of rotatable bonds is 8. The molecule has 0 atom stereocenters. The van der Waals surface area contributed by atoms with Gasteiger partial charge in [-0.2, -0.15) is 0 Å². The molecule has 0 aliphatic rings. The van der Waals surface area contributed by atoms with E-state index in [9.17, 15) is 8.42 Å². The lowest BCUT2D eigenvalue weighted by Crippen LogP contribution is -2.16. The molecule has 0 spiro atoms. The van der Waals surface area contributed by atoms with Gasteiger partial charge in [0.25, 0.3) is 10.0 Å². The van der Waals surface area contributed by atoms with E-state index in [2.05, 4.69) is 25.5 Å². The molecule has 0 unspecified atom stereocenters. The Labute approximate surface area is 202 Å². The van der Waals surface area contributed by atoms with Gasteiger partial charge in [0.1, 0.15) is 0 Å². The highest BCUT2D eigenvalue weighted by molar-refractivity contribution is 7.92. The lowest BCUT2D eigenvalue weighted by molar-refractivity contribution is 0.324. The molecule has 0 radical (unpaired) electrons. The van der Waals surface area contributed by atoms with Crippen LogP contribution in [0.4, 0.5) is 5.69 Å². The number of sulfonamides is 1. The zero-order chi connectivity index (χ0) is 24.9. The first-order valence-corrected chi connectivity index (χ1v) is 12.3. The predicted molar refractivity (Wildman–Crippen MR) is 137 cm³/mol. The van der Waals surface area contributed by atoms with Crippen molar-refractivity contribution in [2.24, 2.45) is 0 Å². The summed E-state index contributed by atoms with van der Waals surface area (Å²) in [5.41, 5.74) is 2.96. The summed E-state index contributed by atoms with van der Waals surface area (Å²) in [7, 11) is 0.965. The van der Waals surface area contributed by atoms with E-state index in [4.69, 9.17) is 14.2 Å². The molecule has 3 aromatic carbocycles. The second kappa shape index (κ2) is 10.2. The molecule has 1 N–H and O–H groups in total. The van der Waals surface area contributed by atoms with Crippen molar-refractivity contribution in [2.45, 2.75) is 31.1 Å². The maximum Gasteiger partial charge on any atom is 0.261 e. The van der Waals surface area contributed by atoms with Crippen LogP contribution in [0, 0.1) is 0 Å². The Bertz CT molecular complexity index is 1270. The summed E-state index contributed by atoms with van der Waals surface area (Å²) < 4.78 is 44.9. The van der Waals surface area contributed by atoms with Crippen molar-refractivity contribution in [3.8, 4) is 17.2 Å². The van der Waals surface area contributed by atoms with Crippen molar-refractivity contribution in [3.05, 3.63) is 77.4 Å². The van der Waals surface area contributed by atoms with Crippen LogP contribution in [0.2, 0.25) is 0 Å². The Hall–Kier alpha value is -3.45. The van der Waals surface area contributed by atoms with E-state index in [1.165, 1.54) is 0 Å². The van der Waals surface area contributed by atoms with Gasteiger partial charge in [-0.05, 0) is 58.5 Å². The lowest BCUT2D eigenvalue weighted by atomic mass is 9.87. The minimum atomic E-state index is -3.73. The average molecular weight is 482 g/mol. The molecule has 0 heterocycles. The van der Waals surface area contributed by atoms with Crippen LogP contribution in [0.1, 0.15) is 37.5 Å². The fraction of sp³-hybridized carbons (Fsp3) is 0.259. The van der Waals surface area contributed by atoms with Crippen LogP contribution in [0.5, 0.6) is 17.2 Å². The molecule has 3 aromatic rings. The first-order valence-electron chi connectivity index (χ1n) is 10.8. The van der Waals surface area contributed by atoms with E-state index < -0.39 is 10.0 Å². The Morgan fingerprint density at radius 3 is 1.97 bits per heavy atom. The summed E-state index contributed by atoms with van der Waals surface area (Å²) in [6.07, 6.45) is 3.78. The molecule has 3 rings (SSSR count). The highest BCUT2D eigenvalue weighted by Gasteiger charge is 2.19. The Balaban J connectivity index is 1.85. The van der Waals surface area contributed by atoms with E-state index in [-0.39, 0.29) is 10.3 Å². The molecular weight excluding hydrogens is 450 g/mol. The highest BCUT2D eigenvalue weighted by atomic mass is 32.2. The Kier molecular flexibility index (Phi) is 7.57. The number of methoxy groups -OCH3 is 3. The van der Waals surface area contributed by atoms with Crippen LogP contribution in [0.25, 0.3) is 12.2 Å². The quantitative estimate of drug-likeness (QED) is 0.401. The van der Waals surface area contributed by atoms with E-state index in [1.807, 2.05) is 36.4 Å². The molecule has 0 saturated heterocycles. The first kappa shape index (κ1) is 25.2. The van der Waals surface area contributed by atoms with Gasteiger partial charge in [-0.25, -0.2) is 8.42 Å². The monoisotopic (exact) mass is 481 g/mol. The van der Waals surface area contributed by atoms with Gasteiger partial charge in [-0.1, -0.05) is 57.2 Å². The smallest absolute Gasteiger partial charge is 0.261 e. The molecule has 0 aliphatic carbocycles. The molecule has 7 heteroatoms. The summed E-state index contributed by atoms with van der Waals surface area (Å²) in [5.74, 6) is 1.63. The molecule has 0 amide bonds. The SMILES string of the molecule is COc1cc(/C=C\c2cccc(NS(=O)(=O)c3cccc(C(C)(C)C)c3)c2)cc(OC)c1OC. The molecule has 180 valence electrons. The number of hydrogen-bond donors (Lipinski definition) is 1. The van der Waals surface area contributed by atoms with Crippen LogP contribution in [-0.4, -0.2) is 29.7 Å². The maximum absolute atomic E-state index is 13.0. The second-order valence-electron chi connectivity index (χ2n) is 8.80. The highest BCUT2D eigenvalue weighted by Crippen LogP contribution is 2.38. The number of benzene rings is 3. The third-order valence-corrected chi connectivity index (χ3v) is 6.68. The molecule has 0 aliphatic heterocycles. The second-order valence-corrected chi connectivity index (χ2v) is 10.5. The fourth-order valence-corrected chi connectivity index (χ4v) is 4.53. The maximum atomic E-state index is 13.0. The van der Waals surface area contributed by atoms with E-state index >= 15 is 0 Å². The van der Waals surface area contributed by atoms with Crippen molar-refractivity contribution >= 4 is 27.9 Å². The van der Waals surface area contributed by atoms with Crippen molar-refractivity contribution in [2.75, 3.05) is 26.1 Å². The third kappa shape index (κ3) is 5.91. The Morgan fingerprint density at radius 1 is 0.765 bits per heavy atom. The standard InChI is InChI=1S/C27H31NO5S/c1-27(2,3)21-10-8-12-23(18-21)34(29,30)28-22-11-7-9-19(15-22)13-14-20-16-24(31-4)26(33-6)25(17-20)32-5/h7-18,28H,1-6H3/b14-13-. The lowest BCUT2D eigenvalue weighted by Gasteiger charge is -2.20. The molecule has 0 fully saturated rings. The van der Waals surface area contributed by atoms with Gasteiger partial charge in [0.05, 0.1) is 26.2 Å². The number of hydrogen-bond acceptors (Lipinski definition) is 5. The number of ether oxygens (including phenoxy) is 3. The molecule has 0 saturated carbocycles. The topological polar surface area (TPSA) is 73.9 Å². The minimum Gasteiger partial charge on any atom is -0.493 e. The molecule has 0 bridgehead atoms. The van der Waals surface area contributed by atoms with Crippen molar-refractivity contribution < 1.29 is 22.6 Å². The number of anilines is 1. The summed E-state index contributed by atoms with van der Waals surface area (Å²) >= 11 is 0. The van der Waals surface area contributed by atoms with E-state index in [0.29, 0.717) is 22.9 Å². The van der Waals surface area contributed by atoms with Gasteiger partial charge in [0.15, 0.2) is 11.5 Å². The molecule has 34 heavy (non-hydrogen) atoms. The van der Waals surface area contributed by atoms with E-state index in [0.717, 1.165) is 16.7 Å². The molecule has 6 nitrogen and oxygen atoms in total. The fourth-order valence-electron chi connectivity index (χ4n) is 3.44.